The van der Waals surface area contributed by atoms with Crippen molar-refractivity contribution >= 4 is 22.6 Å². The quantitative estimate of drug-likeness (QED) is 0.541. The molecule has 1 amide bonds. The van der Waals surface area contributed by atoms with Crippen LogP contribution in [0.4, 0.5) is 10.1 Å². The normalized spacial score (nSPS) is 10.7. The summed E-state index contributed by atoms with van der Waals surface area (Å²) in [5.74, 6) is -0.118. The highest BCUT2D eigenvalue weighted by molar-refractivity contribution is 6.05. The van der Waals surface area contributed by atoms with Crippen LogP contribution in [-0.4, -0.2) is 13.0 Å². The number of rotatable bonds is 4. The van der Waals surface area contributed by atoms with Gasteiger partial charge in [-0.25, -0.2) is 4.39 Å². The molecule has 144 valence electrons. The van der Waals surface area contributed by atoms with Crippen LogP contribution in [0, 0.1) is 5.82 Å². The van der Waals surface area contributed by atoms with E-state index in [1.807, 2.05) is 0 Å². The zero-order chi connectivity index (χ0) is 20.4. The Labute approximate surface area is 165 Å². The second-order valence-electron chi connectivity index (χ2n) is 6.35. The summed E-state index contributed by atoms with van der Waals surface area (Å²) in [4.78, 5) is 24.8. The summed E-state index contributed by atoms with van der Waals surface area (Å²) in [6, 6.07) is 18.9. The molecule has 4 aromatic rings. The molecule has 0 fully saturated rings. The minimum absolute atomic E-state index is 0.0685. The molecule has 0 aliphatic heterocycles. The Morgan fingerprint density at radius 3 is 2.48 bits per heavy atom. The number of halogens is 1. The Morgan fingerprint density at radius 1 is 1.00 bits per heavy atom. The molecule has 0 saturated heterocycles. The van der Waals surface area contributed by atoms with E-state index in [0.29, 0.717) is 33.7 Å². The fourth-order valence-electron chi connectivity index (χ4n) is 2.97. The van der Waals surface area contributed by atoms with E-state index in [-0.39, 0.29) is 11.0 Å². The predicted molar refractivity (Wildman–Crippen MR) is 109 cm³/mol. The number of anilines is 1. The number of hydrogen-bond acceptors (Lipinski definition) is 4. The Balaban J connectivity index is 1.70. The molecule has 4 rings (SSSR count). The lowest BCUT2D eigenvalue weighted by Crippen LogP contribution is -2.13. The number of ether oxygens (including phenoxy) is 1. The Hall–Kier alpha value is -3.93. The second kappa shape index (κ2) is 7.59. The van der Waals surface area contributed by atoms with Crippen molar-refractivity contribution in [1.82, 2.24) is 0 Å². The largest absolute Gasteiger partial charge is 0.497 e. The van der Waals surface area contributed by atoms with E-state index in [1.165, 1.54) is 24.3 Å². The van der Waals surface area contributed by atoms with Crippen LogP contribution >= 0.6 is 0 Å². The van der Waals surface area contributed by atoms with Gasteiger partial charge in [0, 0.05) is 23.4 Å². The molecule has 1 N–H and O–H groups in total. The summed E-state index contributed by atoms with van der Waals surface area (Å²) < 4.78 is 24.8. The van der Waals surface area contributed by atoms with Crippen molar-refractivity contribution in [3.63, 3.8) is 0 Å². The van der Waals surface area contributed by atoms with Crippen LogP contribution in [-0.2, 0) is 0 Å². The van der Waals surface area contributed by atoms with Gasteiger partial charge in [-0.15, -0.1) is 0 Å². The average Bonchev–Trinajstić information content (AvgIpc) is 2.73. The monoisotopic (exact) mass is 389 g/mol. The van der Waals surface area contributed by atoms with Gasteiger partial charge in [-0.1, -0.05) is 12.1 Å². The number of amides is 1. The topological polar surface area (TPSA) is 68.5 Å². The maximum absolute atomic E-state index is 13.8. The van der Waals surface area contributed by atoms with Gasteiger partial charge >= 0.3 is 0 Å². The summed E-state index contributed by atoms with van der Waals surface area (Å²) in [5, 5.41) is 3.01. The van der Waals surface area contributed by atoms with E-state index in [1.54, 1.807) is 55.6 Å². The molecule has 0 unspecified atom stereocenters. The fourth-order valence-corrected chi connectivity index (χ4v) is 2.97. The van der Waals surface area contributed by atoms with Crippen molar-refractivity contribution < 1.29 is 18.3 Å². The van der Waals surface area contributed by atoms with Crippen LogP contribution in [0.3, 0.4) is 0 Å². The minimum Gasteiger partial charge on any atom is -0.497 e. The van der Waals surface area contributed by atoms with Crippen molar-refractivity contribution in [2.75, 3.05) is 12.4 Å². The first kappa shape index (κ1) is 18.4. The van der Waals surface area contributed by atoms with E-state index in [0.717, 1.165) is 0 Å². The molecule has 0 saturated carbocycles. The highest BCUT2D eigenvalue weighted by atomic mass is 19.1. The molecule has 0 spiro atoms. The number of methoxy groups -OCH3 is 1. The third-order valence-electron chi connectivity index (χ3n) is 4.48. The lowest BCUT2D eigenvalue weighted by atomic mass is 10.1. The third kappa shape index (κ3) is 3.73. The zero-order valence-corrected chi connectivity index (χ0v) is 15.4. The van der Waals surface area contributed by atoms with Crippen molar-refractivity contribution in [1.29, 1.82) is 0 Å². The predicted octanol–water partition coefficient (Wildman–Crippen LogP) is 4.86. The summed E-state index contributed by atoms with van der Waals surface area (Å²) in [6.07, 6.45) is 0. The molecule has 6 heteroatoms. The number of carbonyl (C=O) groups is 1. The van der Waals surface area contributed by atoms with Crippen molar-refractivity contribution in [3.8, 4) is 17.1 Å². The van der Waals surface area contributed by atoms with Gasteiger partial charge in [0.1, 0.15) is 22.9 Å². The highest BCUT2D eigenvalue weighted by Gasteiger charge is 2.13. The molecule has 0 aliphatic rings. The number of fused-ring (bicyclic) bond motifs is 1. The van der Waals surface area contributed by atoms with Crippen molar-refractivity contribution in [2.24, 2.45) is 0 Å². The molecule has 0 atom stereocenters. The van der Waals surface area contributed by atoms with Crippen LogP contribution in [0.15, 0.2) is 82.0 Å². The maximum atomic E-state index is 13.8. The fraction of sp³-hybridized carbons (Fsp3) is 0.0435. The number of carbonyl (C=O) groups excluding carboxylic acids is 1. The zero-order valence-electron chi connectivity index (χ0n) is 15.4. The van der Waals surface area contributed by atoms with Crippen molar-refractivity contribution in [3.05, 3.63) is 94.4 Å². The molecule has 29 heavy (non-hydrogen) atoms. The van der Waals surface area contributed by atoms with Crippen LogP contribution in [0.25, 0.3) is 22.3 Å². The number of nitrogens with one attached hydrogen (secondary N) is 1. The Bertz CT molecular complexity index is 1260. The molecule has 0 radical (unpaired) electrons. The Kier molecular flexibility index (Phi) is 4.83. The Morgan fingerprint density at radius 2 is 1.76 bits per heavy atom. The van der Waals surface area contributed by atoms with Gasteiger partial charge in [-0.3, -0.25) is 9.59 Å². The smallest absolute Gasteiger partial charge is 0.258 e. The molecule has 3 aromatic carbocycles. The summed E-state index contributed by atoms with van der Waals surface area (Å²) in [5.41, 5.74) is 1.14. The molecule has 0 aliphatic carbocycles. The summed E-state index contributed by atoms with van der Waals surface area (Å²) in [6.45, 7) is 0. The van der Waals surface area contributed by atoms with E-state index < -0.39 is 11.7 Å². The first-order valence-electron chi connectivity index (χ1n) is 8.83. The van der Waals surface area contributed by atoms with E-state index in [9.17, 15) is 14.0 Å². The van der Waals surface area contributed by atoms with Crippen LogP contribution < -0.4 is 15.5 Å². The summed E-state index contributed by atoms with van der Waals surface area (Å²) in [7, 11) is 1.57. The van der Waals surface area contributed by atoms with E-state index in [2.05, 4.69) is 5.32 Å². The molecule has 0 bridgehead atoms. The SMILES string of the molecule is COc1ccc(-c2cc(=O)c3ccc(NC(=O)c4ccccc4F)cc3o2)cc1. The lowest BCUT2D eigenvalue weighted by Gasteiger charge is -2.08. The molecular formula is C23H16FNO4. The van der Waals surface area contributed by atoms with Crippen molar-refractivity contribution in [2.45, 2.75) is 0 Å². The van der Waals surface area contributed by atoms with Gasteiger partial charge in [-0.05, 0) is 48.5 Å². The van der Waals surface area contributed by atoms with Gasteiger partial charge in [0.25, 0.3) is 5.91 Å². The van der Waals surface area contributed by atoms with E-state index in [4.69, 9.17) is 9.15 Å². The van der Waals surface area contributed by atoms with Crippen LogP contribution in [0.2, 0.25) is 0 Å². The number of hydrogen-bond donors (Lipinski definition) is 1. The van der Waals surface area contributed by atoms with E-state index >= 15 is 0 Å². The maximum Gasteiger partial charge on any atom is 0.258 e. The molecular weight excluding hydrogens is 373 g/mol. The van der Waals surface area contributed by atoms with Gasteiger partial charge in [0.2, 0.25) is 0 Å². The van der Waals surface area contributed by atoms with Gasteiger partial charge < -0.3 is 14.5 Å². The van der Waals surface area contributed by atoms with Gasteiger partial charge in [0.15, 0.2) is 5.43 Å². The minimum atomic E-state index is -0.612. The molecule has 5 nitrogen and oxygen atoms in total. The summed E-state index contributed by atoms with van der Waals surface area (Å²) >= 11 is 0. The second-order valence-corrected chi connectivity index (χ2v) is 6.35. The first-order chi connectivity index (χ1) is 14.0. The number of benzene rings is 3. The third-order valence-corrected chi connectivity index (χ3v) is 4.48. The standard InChI is InChI=1S/C23H16FNO4/c1-28-16-9-6-14(7-10-16)21-13-20(26)18-11-8-15(12-22(18)29-21)25-23(27)17-4-2-3-5-19(17)24/h2-13H,1H3,(H,25,27). The van der Waals surface area contributed by atoms with Gasteiger partial charge in [0.05, 0.1) is 18.1 Å². The van der Waals surface area contributed by atoms with Crippen LogP contribution in [0.5, 0.6) is 5.75 Å². The first-order valence-corrected chi connectivity index (χ1v) is 8.83. The van der Waals surface area contributed by atoms with Crippen LogP contribution in [0.1, 0.15) is 10.4 Å². The average molecular weight is 389 g/mol. The molecule has 1 aromatic heterocycles. The van der Waals surface area contributed by atoms with Gasteiger partial charge in [-0.2, -0.15) is 0 Å². The lowest BCUT2D eigenvalue weighted by molar-refractivity contribution is 0.102. The molecule has 1 heterocycles. The highest BCUT2D eigenvalue weighted by Crippen LogP contribution is 2.26.